The molecule has 0 unspecified atom stereocenters. The van der Waals surface area contributed by atoms with Crippen LogP contribution in [0.1, 0.15) is 41.7 Å². The molecule has 1 aromatic heterocycles. The van der Waals surface area contributed by atoms with E-state index < -0.39 is 19.3 Å². The third-order valence-electron chi connectivity index (χ3n) is 8.68. The molecular formula is C38H42F3N4O4P. The number of hydrogen-bond acceptors (Lipinski definition) is 7. The fraction of sp³-hybridized carbons (Fsp3) is 0.342. The third-order valence-corrected chi connectivity index (χ3v) is 10.7. The Bertz CT molecular complexity index is 1910. The average molecular weight is 707 g/mol. The number of imidazole rings is 1. The van der Waals surface area contributed by atoms with Crippen molar-refractivity contribution >= 4 is 18.6 Å². The lowest BCUT2D eigenvalue weighted by molar-refractivity contribution is -0.137. The molecule has 264 valence electrons. The Balaban J connectivity index is 1.01. The minimum absolute atomic E-state index is 0.218. The van der Waals surface area contributed by atoms with Gasteiger partial charge in [0.25, 0.3) is 0 Å². The van der Waals surface area contributed by atoms with Crippen molar-refractivity contribution in [3.05, 3.63) is 119 Å². The molecule has 0 amide bonds. The van der Waals surface area contributed by atoms with Crippen LogP contribution in [-0.4, -0.2) is 59.2 Å². The van der Waals surface area contributed by atoms with E-state index in [9.17, 15) is 17.7 Å². The number of hydrogen-bond donors (Lipinski definition) is 1. The van der Waals surface area contributed by atoms with Crippen LogP contribution in [0, 0.1) is 0 Å². The lowest BCUT2D eigenvalue weighted by Crippen LogP contribution is -2.45. The summed E-state index contributed by atoms with van der Waals surface area (Å²) in [4.78, 5) is 12.7. The molecule has 6 rings (SSSR count). The Kier molecular flexibility index (Phi) is 11.4. The zero-order chi connectivity index (χ0) is 35.1. The number of ether oxygens (including phenoxy) is 1. The van der Waals surface area contributed by atoms with Crippen molar-refractivity contribution in [1.82, 2.24) is 19.8 Å². The molecule has 0 bridgehead atoms. The monoisotopic (exact) mass is 706 g/mol. The summed E-state index contributed by atoms with van der Waals surface area (Å²) in [5.74, 6) is 1.39. The molecule has 0 radical (unpaired) electrons. The summed E-state index contributed by atoms with van der Waals surface area (Å²) < 4.78 is 69.2. The van der Waals surface area contributed by atoms with Gasteiger partial charge in [0.2, 0.25) is 0 Å². The molecular weight excluding hydrogens is 664 g/mol. The SMILES string of the molecule is CCOP(=O)(Cc1cccc(COc2ccccc2CN2CCN(Cc3ccc4nc(-c5ccc(C(F)(F)F)cc5)[nH]c4c3)CC2)c1)OCC. The molecule has 1 aliphatic heterocycles. The standard InChI is InChI=1S/C38H42F3N4O4P/c1-3-48-50(46,49-4-2)27-30-9-7-8-29(22-30)26-47-36-11-6-5-10-32(36)25-45-20-18-44(19-21-45)24-28-12-17-34-35(23-28)43-37(42-34)31-13-15-33(16-14-31)38(39,40)41/h5-17,22-23H,3-4,18-21,24-27H2,1-2H3,(H,42,43). The summed E-state index contributed by atoms with van der Waals surface area (Å²) in [6.45, 7) is 9.91. The zero-order valence-electron chi connectivity index (χ0n) is 28.3. The first kappa shape index (κ1) is 35.8. The van der Waals surface area contributed by atoms with Gasteiger partial charge in [0.1, 0.15) is 18.2 Å². The van der Waals surface area contributed by atoms with E-state index in [1.807, 2.05) is 62.4 Å². The lowest BCUT2D eigenvalue weighted by Gasteiger charge is -2.35. The molecule has 0 saturated carbocycles. The molecule has 4 aromatic carbocycles. The Morgan fingerprint density at radius 1 is 0.780 bits per heavy atom. The second-order valence-corrected chi connectivity index (χ2v) is 14.4. The van der Waals surface area contributed by atoms with E-state index in [0.29, 0.717) is 31.2 Å². The highest BCUT2D eigenvalue weighted by Crippen LogP contribution is 2.51. The maximum Gasteiger partial charge on any atom is 0.416 e. The molecule has 1 fully saturated rings. The maximum atomic E-state index is 13.0. The fourth-order valence-electron chi connectivity index (χ4n) is 6.21. The van der Waals surface area contributed by atoms with Gasteiger partial charge < -0.3 is 18.8 Å². The van der Waals surface area contributed by atoms with Crippen LogP contribution in [-0.2, 0) is 45.6 Å². The van der Waals surface area contributed by atoms with Crippen LogP contribution in [0.3, 0.4) is 0 Å². The van der Waals surface area contributed by atoms with Gasteiger partial charge in [-0.25, -0.2) is 4.98 Å². The van der Waals surface area contributed by atoms with Crippen LogP contribution in [0.15, 0.2) is 91.0 Å². The van der Waals surface area contributed by atoms with Crippen molar-refractivity contribution in [2.24, 2.45) is 0 Å². The van der Waals surface area contributed by atoms with Gasteiger partial charge in [0.15, 0.2) is 0 Å². The quantitative estimate of drug-likeness (QED) is 0.116. The number of piperazine rings is 1. The average Bonchev–Trinajstić information content (AvgIpc) is 3.52. The second kappa shape index (κ2) is 15.9. The first-order valence-corrected chi connectivity index (χ1v) is 18.6. The van der Waals surface area contributed by atoms with Crippen LogP contribution in [0.25, 0.3) is 22.4 Å². The highest BCUT2D eigenvalue weighted by atomic mass is 31.2. The Morgan fingerprint density at radius 3 is 2.16 bits per heavy atom. The van der Waals surface area contributed by atoms with Crippen LogP contribution in [0.4, 0.5) is 13.2 Å². The lowest BCUT2D eigenvalue weighted by atomic mass is 10.1. The Labute approximate surface area is 290 Å². The van der Waals surface area contributed by atoms with E-state index in [2.05, 4.69) is 38.0 Å². The first-order valence-electron chi connectivity index (χ1n) is 16.9. The molecule has 1 N–H and O–H groups in total. The molecule has 12 heteroatoms. The minimum Gasteiger partial charge on any atom is -0.489 e. The number of aromatic amines is 1. The summed E-state index contributed by atoms with van der Waals surface area (Å²) >= 11 is 0. The van der Waals surface area contributed by atoms with Crippen LogP contribution >= 0.6 is 7.60 Å². The summed E-state index contributed by atoms with van der Waals surface area (Å²) in [6, 6.07) is 27.1. The topological polar surface area (TPSA) is 79.9 Å². The molecule has 1 saturated heterocycles. The van der Waals surface area contributed by atoms with Crippen molar-refractivity contribution < 1.29 is 31.5 Å². The molecule has 0 spiro atoms. The number of rotatable bonds is 14. The van der Waals surface area contributed by atoms with E-state index in [1.54, 1.807) is 0 Å². The van der Waals surface area contributed by atoms with Gasteiger partial charge in [-0.3, -0.25) is 14.4 Å². The number of para-hydroxylation sites is 1. The van der Waals surface area contributed by atoms with Gasteiger partial charge in [-0.1, -0.05) is 60.7 Å². The number of benzene rings is 4. The molecule has 8 nitrogen and oxygen atoms in total. The number of fused-ring (bicyclic) bond motifs is 1. The Morgan fingerprint density at radius 2 is 1.46 bits per heavy atom. The van der Waals surface area contributed by atoms with Gasteiger partial charge in [0.05, 0.1) is 36.0 Å². The van der Waals surface area contributed by atoms with E-state index in [0.717, 1.165) is 90.4 Å². The largest absolute Gasteiger partial charge is 0.489 e. The van der Waals surface area contributed by atoms with Crippen molar-refractivity contribution in [2.45, 2.75) is 45.9 Å². The van der Waals surface area contributed by atoms with E-state index in [-0.39, 0.29) is 6.16 Å². The highest BCUT2D eigenvalue weighted by Gasteiger charge is 2.30. The van der Waals surface area contributed by atoms with Gasteiger partial charge in [0, 0.05) is 50.4 Å². The van der Waals surface area contributed by atoms with Gasteiger partial charge in [-0.15, -0.1) is 0 Å². The van der Waals surface area contributed by atoms with Crippen molar-refractivity contribution in [3.63, 3.8) is 0 Å². The predicted octanol–water partition coefficient (Wildman–Crippen LogP) is 8.91. The summed E-state index contributed by atoms with van der Waals surface area (Å²) in [7, 11) is -3.20. The maximum absolute atomic E-state index is 13.0. The van der Waals surface area contributed by atoms with Crippen molar-refractivity contribution in [2.75, 3.05) is 39.4 Å². The minimum atomic E-state index is -4.37. The first-order chi connectivity index (χ1) is 24.1. The second-order valence-electron chi connectivity index (χ2n) is 12.4. The summed E-state index contributed by atoms with van der Waals surface area (Å²) in [6.07, 6.45) is -4.15. The number of nitrogens with one attached hydrogen (secondary N) is 1. The number of aromatic nitrogens is 2. The van der Waals surface area contributed by atoms with Crippen molar-refractivity contribution in [1.29, 1.82) is 0 Å². The smallest absolute Gasteiger partial charge is 0.416 e. The van der Waals surface area contributed by atoms with Gasteiger partial charge in [-0.2, -0.15) is 13.2 Å². The van der Waals surface area contributed by atoms with Crippen molar-refractivity contribution in [3.8, 4) is 17.1 Å². The summed E-state index contributed by atoms with van der Waals surface area (Å²) in [5, 5.41) is 0. The number of H-pyrrole nitrogens is 1. The predicted molar refractivity (Wildman–Crippen MR) is 189 cm³/mol. The van der Waals surface area contributed by atoms with Crippen LogP contribution < -0.4 is 4.74 Å². The van der Waals surface area contributed by atoms with Crippen LogP contribution in [0.5, 0.6) is 5.75 Å². The fourth-order valence-corrected chi connectivity index (χ4v) is 7.90. The van der Waals surface area contributed by atoms with E-state index in [1.165, 1.54) is 12.1 Å². The van der Waals surface area contributed by atoms with Gasteiger partial charge >= 0.3 is 13.8 Å². The number of halogens is 3. The van der Waals surface area contributed by atoms with E-state index in [4.69, 9.17) is 13.8 Å². The molecule has 1 aliphatic rings. The molecule has 50 heavy (non-hydrogen) atoms. The molecule has 0 aliphatic carbocycles. The number of alkyl halides is 3. The summed E-state index contributed by atoms with van der Waals surface area (Å²) in [5.41, 5.74) is 5.70. The normalized spacial score (nSPS) is 14.7. The van der Waals surface area contributed by atoms with Crippen LogP contribution in [0.2, 0.25) is 0 Å². The molecule has 2 heterocycles. The third kappa shape index (κ3) is 9.21. The number of nitrogens with zero attached hydrogens (tertiary/aromatic N) is 3. The zero-order valence-corrected chi connectivity index (χ0v) is 29.2. The van der Waals surface area contributed by atoms with Gasteiger partial charge in [-0.05, 0) is 60.9 Å². The van der Waals surface area contributed by atoms with E-state index >= 15 is 0 Å². The Hall–Kier alpha value is -3.99. The molecule has 0 atom stereocenters. The molecule has 5 aromatic rings. The highest BCUT2D eigenvalue weighted by molar-refractivity contribution is 7.53.